The topological polar surface area (TPSA) is 114 Å². The van der Waals surface area contributed by atoms with Gasteiger partial charge in [-0.2, -0.15) is 0 Å². The number of carbonyl (C=O) groups excluding carboxylic acids is 4. The number of primary amides is 1. The van der Waals surface area contributed by atoms with Gasteiger partial charge in [-0.1, -0.05) is 6.07 Å². The zero-order valence-corrected chi connectivity index (χ0v) is 16.7. The number of hydrogen-bond acceptors (Lipinski definition) is 5. The number of thiophene rings is 1. The number of imide groups is 1. The molecule has 8 nitrogen and oxygen atoms in total. The summed E-state index contributed by atoms with van der Waals surface area (Å²) in [6.07, 6.45) is 1.09. The van der Waals surface area contributed by atoms with E-state index in [1.807, 2.05) is 0 Å². The Morgan fingerprint density at radius 1 is 1.17 bits per heavy atom. The lowest BCUT2D eigenvalue weighted by Crippen LogP contribution is -3.08. The lowest BCUT2D eigenvalue weighted by molar-refractivity contribution is -0.895. The maximum Gasteiger partial charge on any atom is 0.256 e. The molecule has 1 atom stereocenters. The van der Waals surface area contributed by atoms with Gasteiger partial charge in [-0.25, -0.2) is 0 Å². The Bertz CT molecular complexity index is 1030. The van der Waals surface area contributed by atoms with Crippen molar-refractivity contribution >= 4 is 45.7 Å². The maximum atomic E-state index is 12.8. The van der Waals surface area contributed by atoms with Crippen LogP contribution in [0.4, 0.5) is 10.7 Å². The van der Waals surface area contributed by atoms with Crippen molar-refractivity contribution in [2.45, 2.75) is 25.8 Å². The Kier molecular flexibility index (Phi) is 4.93. The lowest BCUT2D eigenvalue weighted by Gasteiger charge is -2.19. The molecule has 0 bridgehead atoms. The molecule has 2 aliphatic heterocycles. The smallest absolute Gasteiger partial charge is 0.256 e. The van der Waals surface area contributed by atoms with E-state index in [2.05, 4.69) is 12.4 Å². The number of carbonyl (C=O) groups is 4. The molecule has 1 saturated heterocycles. The maximum absolute atomic E-state index is 12.8. The fourth-order valence-corrected chi connectivity index (χ4v) is 5.16. The van der Waals surface area contributed by atoms with E-state index < -0.39 is 11.8 Å². The third-order valence-electron chi connectivity index (χ3n) is 5.25. The van der Waals surface area contributed by atoms with Gasteiger partial charge >= 0.3 is 0 Å². The Balaban J connectivity index is 1.62. The number of nitrogens with zero attached hydrogens (tertiary/aromatic N) is 1. The number of likely N-dealkylation sites (N-methyl/N-ethyl adjacent to an activating group) is 1. The van der Waals surface area contributed by atoms with Crippen LogP contribution in [0.15, 0.2) is 24.3 Å². The van der Waals surface area contributed by atoms with Crippen molar-refractivity contribution in [3.05, 3.63) is 45.8 Å². The first-order valence-electron chi connectivity index (χ1n) is 9.38. The van der Waals surface area contributed by atoms with E-state index in [-0.39, 0.29) is 24.7 Å². The molecule has 1 unspecified atom stereocenters. The highest BCUT2D eigenvalue weighted by atomic mass is 32.1. The summed E-state index contributed by atoms with van der Waals surface area (Å²) in [5.74, 6) is -1.53. The van der Waals surface area contributed by atoms with Crippen molar-refractivity contribution < 1.29 is 24.1 Å². The van der Waals surface area contributed by atoms with Crippen LogP contribution in [-0.4, -0.2) is 37.2 Å². The first-order valence-corrected chi connectivity index (χ1v) is 10.2. The van der Waals surface area contributed by atoms with Crippen molar-refractivity contribution in [1.82, 2.24) is 0 Å². The first kappa shape index (κ1) is 19.3. The molecular weight excluding hydrogens is 392 g/mol. The fraction of sp³-hybridized carbons (Fsp3) is 0.300. The highest BCUT2D eigenvalue weighted by Gasteiger charge is 2.31. The second kappa shape index (κ2) is 7.41. The van der Waals surface area contributed by atoms with Gasteiger partial charge in [0.05, 0.1) is 29.7 Å². The molecule has 0 spiro atoms. The van der Waals surface area contributed by atoms with Gasteiger partial charge in [0.15, 0.2) is 0 Å². The minimum absolute atomic E-state index is 0.175. The molecule has 4 rings (SSSR count). The summed E-state index contributed by atoms with van der Waals surface area (Å²) >= 11 is 1.38. The zero-order valence-electron chi connectivity index (χ0n) is 15.9. The van der Waals surface area contributed by atoms with Crippen LogP contribution in [0.2, 0.25) is 0 Å². The molecule has 0 saturated carbocycles. The van der Waals surface area contributed by atoms with E-state index in [9.17, 15) is 19.2 Å². The minimum Gasteiger partial charge on any atom is -0.365 e. The predicted octanol–water partition coefficient (Wildman–Crippen LogP) is 0.323. The molecule has 0 radical (unpaired) electrons. The third kappa shape index (κ3) is 3.54. The largest absolute Gasteiger partial charge is 0.365 e. The number of benzene rings is 1. The van der Waals surface area contributed by atoms with Crippen LogP contribution in [-0.2, 0) is 22.6 Å². The second-order valence-corrected chi connectivity index (χ2v) is 8.44. The molecule has 0 aliphatic carbocycles. The molecule has 1 aromatic carbocycles. The summed E-state index contributed by atoms with van der Waals surface area (Å²) in [5, 5.41) is 3.25. The lowest BCUT2D eigenvalue weighted by atomic mass is 10.0. The Morgan fingerprint density at radius 2 is 1.90 bits per heavy atom. The molecule has 9 heteroatoms. The highest BCUT2D eigenvalue weighted by molar-refractivity contribution is 7.17. The van der Waals surface area contributed by atoms with E-state index in [4.69, 9.17) is 5.73 Å². The van der Waals surface area contributed by atoms with Gasteiger partial charge in [0, 0.05) is 24.8 Å². The SMILES string of the molecule is C[NH+]1CCc2c(sc(NC(=O)c3cccc(N4C(=O)CCC4=O)c3)c2C(N)=O)C1. The van der Waals surface area contributed by atoms with E-state index in [1.54, 1.807) is 18.2 Å². The molecule has 2 aliphatic rings. The molecule has 150 valence electrons. The number of rotatable bonds is 4. The number of nitrogens with one attached hydrogen (secondary N) is 2. The second-order valence-electron chi connectivity index (χ2n) is 7.33. The number of anilines is 2. The zero-order chi connectivity index (χ0) is 20.7. The van der Waals surface area contributed by atoms with E-state index in [0.717, 1.165) is 34.9 Å². The van der Waals surface area contributed by atoms with Gasteiger partial charge in [-0.05, 0) is 23.8 Å². The molecular formula is C20H21N4O4S+. The van der Waals surface area contributed by atoms with Crippen molar-refractivity contribution in [3.63, 3.8) is 0 Å². The van der Waals surface area contributed by atoms with Crippen molar-refractivity contribution in [3.8, 4) is 0 Å². The van der Waals surface area contributed by atoms with Gasteiger partial charge in [0.25, 0.3) is 11.8 Å². The van der Waals surface area contributed by atoms with Crippen molar-refractivity contribution in [2.24, 2.45) is 5.73 Å². The molecule has 3 heterocycles. The van der Waals surface area contributed by atoms with Crippen LogP contribution in [0.3, 0.4) is 0 Å². The van der Waals surface area contributed by atoms with Gasteiger partial charge in [-0.3, -0.25) is 24.1 Å². The molecule has 4 N–H and O–H groups in total. The van der Waals surface area contributed by atoms with Crippen molar-refractivity contribution in [1.29, 1.82) is 0 Å². The molecule has 1 aromatic heterocycles. The van der Waals surface area contributed by atoms with Crippen LogP contribution in [0.1, 0.15) is 44.0 Å². The summed E-state index contributed by atoms with van der Waals surface area (Å²) in [6.45, 7) is 1.68. The Hall–Kier alpha value is -3.04. The normalized spacial score (nSPS) is 18.7. The Morgan fingerprint density at radius 3 is 2.59 bits per heavy atom. The molecule has 1 fully saturated rings. The average Bonchev–Trinajstić information content (AvgIpc) is 3.20. The number of hydrogen-bond donors (Lipinski definition) is 3. The average molecular weight is 413 g/mol. The summed E-state index contributed by atoms with van der Waals surface area (Å²) in [7, 11) is 2.08. The van der Waals surface area contributed by atoms with Gasteiger partial charge < -0.3 is 16.0 Å². The van der Waals surface area contributed by atoms with E-state index in [0.29, 0.717) is 21.8 Å². The van der Waals surface area contributed by atoms with E-state index in [1.165, 1.54) is 22.3 Å². The first-order chi connectivity index (χ1) is 13.8. The van der Waals surface area contributed by atoms with Crippen LogP contribution >= 0.6 is 11.3 Å². The van der Waals surface area contributed by atoms with Crippen LogP contribution in [0.5, 0.6) is 0 Å². The van der Waals surface area contributed by atoms with Crippen LogP contribution < -0.4 is 20.9 Å². The predicted molar refractivity (Wildman–Crippen MR) is 108 cm³/mol. The van der Waals surface area contributed by atoms with Gasteiger partial charge in [0.2, 0.25) is 11.8 Å². The number of nitrogens with two attached hydrogens (primary N) is 1. The number of fused-ring (bicyclic) bond motifs is 1. The number of quaternary nitrogens is 1. The third-order valence-corrected chi connectivity index (χ3v) is 6.39. The minimum atomic E-state index is -0.556. The van der Waals surface area contributed by atoms with Crippen LogP contribution in [0, 0.1) is 0 Å². The molecule has 29 heavy (non-hydrogen) atoms. The summed E-state index contributed by atoms with van der Waals surface area (Å²) in [6, 6.07) is 6.34. The Labute approximate surface area is 171 Å². The number of amides is 4. The summed E-state index contributed by atoms with van der Waals surface area (Å²) < 4.78 is 0. The van der Waals surface area contributed by atoms with E-state index >= 15 is 0 Å². The highest BCUT2D eigenvalue weighted by Crippen LogP contribution is 2.35. The monoisotopic (exact) mass is 413 g/mol. The van der Waals surface area contributed by atoms with Crippen LogP contribution in [0.25, 0.3) is 0 Å². The molecule has 2 aromatic rings. The quantitative estimate of drug-likeness (QED) is 0.627. The van der Waals surface area contributed by atoms with Gasteiger partial charge in [-0.15, -0.1) is 11.3 Å². The summed E-state index contributed by atoms with van der Waals surface area (Å²) in [4.78, 5) is 52.3. The van der Waals surface area contributed by atoms with Gasteiger partial charge in [0.1, 0.15) is 11.5 Å². The summed E-state index contributed by atoms with van der Waals surface area (Å²) in [5.41, 5.74) is 7.56. The molecule has 4 amide bonds. The standard InChI is InChI=1S/C20H20N4O4S/c1-23-8-7-13-14(10-23)29-20(17(13)18(21)27)22-19(28)11-3-2-4-12(9-11)24-15(25)5-6-16(24)26/h2-4,9H,5-8,10H2,1H3,(H2,21,27)(H,22,28)/p+1. The fourth-order valence-electron chi connectivity index (χ4n) is 3.80. The van der Waals surface area contributed by atoms with Crippen molar-refractivity contribution in [2.75, 3.05) is 23.8 Å².